The summed E-state index contributed by atoms with van der Waals surface area (Å²) in [7, 11) is 0. The third-order valence-corrected chi connectivity index (χ3v) is 4.07. The molecule has 0 aliphatic carbocycles. The number of carbonyl (C=O) groups excluding carboxylic acids is 2. The van der Waals surface area contributed by atoms with Crippen molar-refractivity contribution in [1.82, 2.24) is 5.32 Å². The van der Waals surface area contributed by atoms with Gasteiger partial charge in [0.1, 0.15) is 5.60 Å². The zero-order chi connectivity index (χ0) is 14.5. The average molecular weight is 274 g/mol. The number of benzene rings is 1. The van der Waals surface area contributed by atoms with Gasteiger partial charge in [0.15, 0.2) is 0 Å². The number of carbonyl (C=O) groups is 2. The highest BCUT2D eigenvalue weighted by Crippen LogP contribution is 2.36. The number of alkyl carbamates (subject to hydrolysis) is 1. The van der Waals surface area contributed by atoms with Crippen LogP contribution in [0.3, 0.4) is 0 Å². The molecule has 0 bridgehead atoms. The Morgan fingerprint density at radius 2 is 1.90 bits per heavy atom. The topological polar surface area (TPSA) is 58.6 Å². The maximum Gasteiger partial charge on any atom is 0.407 e. The number of cyclic esters (lactones) is 1. The SMILES string of the molecule is Cc1ccc(N2CC3NC(=O)OC(C)(C)C3C2=O)cc1. The number of hydrogen-bond acceptors (Lipinski definition) is 3. The van der Waals surface area contributed by atoms with Crippen molar-refractivity contribution in [3.05, 3.63) is 29.8 Å². The lowest BCUT2D eigenvalue weighted by Gasteiger charge is -2.37. The Labute approximate surface area is 117 Å². The smallest absolute Gasteiger partial charge is 0.407 e. The molecule has 2 unspecified atom stereocenters. The van der Waals surface area contributed by atoms with Gasteiger partial charge in [0, 0.05) is 12.2 Å². The molecule has 1 aromatic carbocycles. The van der Waals surface area contributed by atoms with Crippen LogP contribution in [0.15, 0.2) is 24.3 Å². The van der Waals surface area contributed by atoms with E-state index in [2.05, 4.69) is 5.32 Å². The van der Waals surface area contributed by atoms with Gasteiger partial charge >= 0.3 is 6.09 Å². The average Bonchev–Trinajstić information content (AvgIpc) is 2.67. The molecule has 5 heteroatoms. The molecule has 2 fully saturated rings. The second-order valence-electron chi connectivity index (χ2n) is 6.01. The predicted molar refractivity (Wildman–Crippen MR) is 74.5 cm³/mol. The summed E-state index contributed by atoms with van der Waals surface area (Å²) in [5.74, 6) is -0.342. The fourth-order valence-corrected chi connectivity index (χ4v) is 3.08. The van der Waals surface area contributed by atoms with Crippen molar-refractivity contribution in [1.29, 1.82) is 0 Å². The normalized spacial score (nSPS) is 27.9. The number of anilines is 1. The van der Waals surface area contributed by atoms with Gasteiger partial charge in [-0.05, 0) is 32.9 Å². The Balaban J connectivity index is 1.92. The van der Waals surface area contributed by atoms with E-state index in [-0.39, 0.29) is 17.9 Å². The number of aryl methyl sites for hydroxylation is 1. The van der Waals surface area contributed by atoms with Gasteiger partial charge in [-0.25, -0.2) is 4.79 Å². The molecule has 0 spiro atoms. The highest BCUT2D eigenvalue weighted by Gasteiger charge is 2.54. The maximum atomic E-state index is 12.6. The minimum absolute atomic E-state index is 0.00357. The van der Waals surface area contributed by atoms with E-state index in [1.165, 1.54) is 0 Å². The number of amides is 2. The molecule has 5 nitrogen and oxygen atoms in total. The quantitative estimate of drug-likeness (QED) is 0.850. The number of fused-ring (bicyclic) bond motifs is 1. The van der Waals surface area contributed by atoms with Crippen LogP contribution in [0, 0.1) is 12.8 Å². The van der Waals surface area contributed by atoms with Crippen molar-refractivity contribution in [2.45, 2.75) is 32.4 Å². The third-order valence-electron chi connectivity index (χ3n) is 4.07. The molecule has 2 saturated heterocycles. The summed E-state index contributed by atoms with van der Waals surface area (Å²) in [6.07, 6.45) is -0.449. The molecule has 20 heavy (non-hydrogen) atoms. The van der Waals surface area contributed by atoms with E-state index in [0.717, 1.165) is 11.3 Å². The summed E-state index contributed by atoms with van der Waals surface area (Å²) >= 11 is 0. The summed E-state index contributed by atoms with van der Waals surface area (Å²) in [5.41, 5.74) is 1.23. The molecule has 1 N–H and O–H groups in total. The van der Waals surface area contributed by atoms with Gasteiger partial charge in [0.05, 0.1) is 12.0 Å². The minimum atomic E-state index is -0.774. The van der Waals surface area contributed by atoms with Gasteiger partial charge in [0.2, 0.25) is 5.91 Å². The lowest BCUT2D eigenvalue weighted by atomic mass is 9.85. The molecular formula is C15H18N2O3. The predicted octanol–water partition coefficient (Wildman–Crippen LogP) is 1.84. The third kappa shape index (κ3) is 1.94. The van der Waals surface area contributed by atoms with E-state index < -0.39 is 11.7 Å². The molecule has 2 aliphatic rings. The molecule has 0 aromatic heterocycles. The van der Waals surface area contributed by atoms with Gasteiger partial charge in [-0.3, -0.25) is 4.79 Å². The monoisotopic (exact) mass is 274 g/mol. The molecule has 2 heterocycles. The highest BCUT2D eigenvalue weighted by molar-refractivity contribution is 6.00. The van der Waals surface area contributed by atoms with Crippen LogP contribution in [0.1, 0.15) is 19.4 Å². The van der Waals surface area contributed by atoms with E-state index in [0.29, 0.717) is 6.54 Å². The van der Waals surface area contributed by atoms with Crippen molar-refractivity contribution in [3.8, 4) is 0 Å². The van der Waals surface area contributed by atoms with Crippen molar-refractivity contribution in [2.24, 2.45) is 5.92 Å². The molecule has 0 saturated carbocycles. The number of ether oxygens (including phenoxy) is 1. The summed E-state index contributed by atoms with van der Waals surface area (Å²) in [6, 6.07) is 7.62. The Morgan fingerprint density at radius 3 is 2.55 bits per heavy atom. The molecule has 2 amide bonds. The van der Waals surface area contributed by atoms with Gasteiger partial charge in [-0.1, -0.05) is 17.7 Å². The van der Waals surface area contributed by atoms with Crippen LogP contribution in [0.5, 0.6) is 0 Å². The first-order chi connectivity index (χ1) is 9.38. The summed E-state index contributed by atoms with van der Waals surface area (Å²) in [6.45, 7) is 6.08. The van der Waals surface area contributed by atoms with Crippen LogP contribution in [-0.2, 0) is 9.53 Å². The summed E-state index contributed by atoms with van der Waals surface area (Å²) in [4.78, 5) is 25.9. The molecule has 3 rings (SSSR count). The Morgan fingerprint density at radius 1 is 1.25 bits per heavy atom. The van der Waals surface area contributed by atoms with Crippen molar-refractivity contribution < 1.29 is 14.3 Å². The second-order valence-corrected chi connectivity index (χ2v) is 6.01. The van der Waals surface area contributed by atoms with Crippen molar-refractivity contribution in [3.63, 3.8) is 0 Å². The Bertz CT molecular complexity index is 565. The number of nitrogens with zero attached hydrogens (tertiary/aromatic N) is 1. The number of hydrogen-bond donors (Lipinski definition) is 1. The van der Waals surface area contributed by atoms with Crippen LogP contribution in [0.4, 0.5) is 10.5 Å². The zero-order valence-corrected chi connectivity index (χ0v) is 11.8. The largest absolute Gasteiger partial charge is 0.443 e. The van der Waals surface area contributed by atoms with E-state index in [9.17, 15) is 9.59 Å². The van der Waals surface area contributed by atoms with E-state index >= 15 is 0 Å². The fraction of sp³-hybridized carbons (Fsp3) is 0.467. The second kappa shape index (κ2) is 4.23. The molecule has 0 radical (unpaired) electrons. The molecule has 2 aliphatic heterocycles. The van der Waals surface area contributed by atoms with Gasteiger partial charge in [0.25, 0.3) is 0 Å². The van der Waals surface area contributed by atoms with Crippen LogP contribution in [-0.4, -0.2) is 30.2 Å². The lowest BCUT2D eigenvalue weighted by molar-refractivity contribution is -0.130. The maximum absolute atomic E-state index is 12.6. The lowest BCUT2D eigenvalue weighted by Crippen LogP contribution is -2.57. The summed E-state index contributed by atoms with van der Waals surface area (Å²) in [5, 5.41) is 2.75. The van der Waals surface area contributed by atoms with Crippen molar-refractivity contribution >= 4 is 17.7 Å². The van der Waals surface area contributed by atoms with Gasteiger partial charge < -0.3 is 15.0 Å². The Kier molecular flexibility index (Phi) is 2.74. The van der Waals surface area contributed by atoms with Crippen LogP contribution in [0.2, 0.25) is 0 Å². The van der Waals surface area contributed by atoms with Crippen molar-refractivity contribution in [2.75, 3.05) is 11.4 Å². The molecule has 1 aromatic rings. The fourth-order valence-electron chi connectivity index (χ4n) is 3.08. The first-order valence-corrected chi connectivity index (χ1v) is 6.76. The van der Waals surface area contributed by atoms with Crippen LogP contribution in [0.25, 0.3) is 0 Å². The minimum Gasteiger partial charge on any atom is -0.443 e. The molecule has 2 atom stereocenters. The van der Waals surface area contributed by atoms with Gasteiger partial charge in [-0.15, -0.1) is 0 Å². The van der Waals surface area contributed by atoms with Crippen LogP contribution >= 0.6 is 0 Å². The van der Waals surface area contributed by atoms with E-state index in [1.54, 1.807) is 18.7 Å². The zero-order valence-electron chi connectivity index (χ0n) is 11.8. The summed E-state index contributed by atoms with van der Waals surface area (Å²) < 4.78 is 5.26. The molecular weight excluding hydrogens is 256 g/mol. The Hall–Kier alpha value is -2.04. The first-order valence-electron chi connectivity index (χ1n) is 6.76. The first kappa shape index (κ1) is 13.0. The molecule has 106 valence electrons. The van der Waals surface area contributed by atoms with Gasteiger partial charge in [-0.2, -0.15) is 0 Å². The number of rotatable bonds is 1. The van der Waals surface area contributed by atoms with E-state index in [4.69, 9.17) is 4.74 Å². The standard InChI is InChI=1S/C15H18N2O3/c1-9-4-6-10(7-5-9)17-8-11-12(13(17)18)15(2,3)20-14(19)16-11/h4-7,11-12H,8H2,1-3H3,(H,16,19). The van der Waals surface area contributed by atoms with E-state index in [1.807, 2.05) is 31.2 Å². The number of nitrogens with one attached hydrogen (secondary N) is 1. The highest BCUT2D eigenvalue weighted by atomic mass is 16.6. The van der Waals surface area contributed by atoms with Crippen LogP contribution < -0.4 is 10.2 Å².